The Bertz CT molecular complexity index is 92.2. The molecule has 0 bridgehead atoms. The zero-order chi connectivity index (χ0) is 10.7. The van der Waals surface area contributed by atoms with Crippen molar-refractivity contribution in [2.75, 3.05) is 34.2 Å². The fraction of sp³-hybridized carbons (Fsp3) is 1.00. The van der Waals surface area contributed by atoms with Crippen LogP contribution in [0.1, 0.15) is 6.42 Å². The van der Waals surface area contributed by atoms with E-state index in [1.54, 1.807) is 21.3 Å². The van der Waals surface area contributed by atoms with E-state index in [-0.39, 0.29) is 0 Å². The van der Waals surface area contributed by atoms with Crippen LogP contribution in [0, 0.1) is 0 Å². The minimum absolute atomic E-state index is 0.833. The second kappa shape index (κ2) is 10.5. The minimum Gasteiger partial charge on any atom is -0.400 e. The van der Waals surface area contributed by atoms with Gasteiger partial charge in [0.25, 0.3) is 0 Å². The van der Waals surface area contributed by atoms with E-state index in [2.05, 4.69) is 12.6 Å². The Morgan fingerprint density at radius 2 is 1.46 bits per heavy atom. The molecule has 0 aliphatic rings. The van der Waals surface area contributed by atoms with Crippen molar-refractivity contribution >= 4 is 21.4 Å². The molecule has 0 heterocycles. The van der Waals surface area contributed by atoms with Crippen molar-refractivity contribution in [3.8, 4) is 0 Å². The molecule has 13 heavy (non-hydrogen) atoms. The first-order valence-electron chi connectivity index (χ1n) is 3.95. The molecule has 0 saturated heterocycles. The van der Waals surface area contributed by atoms with Gasteiger partial charge in [-0.3, -0.25) is 0 Å². The van der Waals surface area contributed by atoms with Crippen molar-refractivity contribution in [3.05, 3.63) is 0 Å². The Morgan fingerprint density at radius 1 is 1.08 bits per heavy atom. The highest BCUT2D eigenvalue weighted by molar-refractivity contribution is 7.80. The van der Waals surface area contributed by atoms with Crippen LogP contribution >= 0.6 is 12.6 Å². The second-order valence-corrected chi connectivity index (χ2v) is 5.66. The van der Waals surface area contributed by atoms with Crippen LogP contribution in [0.25, 0.3) is 0 Å². The van der Waals surface area contributed by atoms with Gasteiger partial charge in [-0.15, -0.1) is 0 Å². The van der Waals surface area contributed by atoms with Crippen molar-refractivity contribution in [2.45, 2.75) is 12.5 Å². The van der Waals surface area contributed by atoms with Gasteiger partial charge in [0.05, 0.1) is 0 Å². The molecule has 0 unspecified atom stereocenters. The quantitative estimate of drug-likeness (QED) is 0.521. The Morgan fingerprint density at radius 3 is 1.69 bits per heavy atom. The van der Waals surface area contributed by atoms with Gasteiger partial charge in [-0.2, -0.15) is 12.6 Å². The summed E-state index contributed by atoms with van der Waals surface area (Å²) < 4.78 is 15.6. The van der Waals surface area contributed by atoms with Gasteiger partial charge >= 0.3 is 8.80 Å². The van der Waals surface area contributed by atoms with Gasteiger partial charge in [0.1, 0.15) is 0 Å². The van der Waals surface area contributed by atoms with Gasteiger partial charge in [0.15, 0.2) is 0 Å². The summed E-state index contributed by atoms with van der Waals surface area (Å²) in [5.41, 5.74) is 0. The van der Waals surface area contributed by atoms with Crippen LogP contribution in [-0.2, 0) is 13.3 Å². The highest BCUT2D eigenvalue weighted by Gasteiger charge is 2.36. The zero-order valence-electron chi connectivity index (χ0n) is 8.74. The van der Waals surface area contributed by atoms with E-state index >= 15 is 0 Å². The van der Waals surface area contributed by atoms with Crippen molar-refractivity contribution in [1.29, 1.82) is 0 Å². The van der Waals surface area contributed by atoms with Crippen LogP contribution in [0.15, 0.2) is 0 Å². The summed E-state index contributed by atoms with van der Waals surface area (Å²) in [6.07, 6.45) is 0.963. The summed E-state index contributed by atoms with van der Waals surface area (Å²) in [6.45, 7) is 0. The first kappa shape index (κ1) is 15.9. The Hall–Kier alpha value is 0.407. The van der Waals surface area contributed by atoms with Gasteiger partial charge in [0, 0.05) is 34.5 Å². The predicted octanol–water partition coefficient (Wildman–Crippen LogP) is 0.793. The van der Waals surface area contributed by atoms with E-state index in [1.165, 1.54) is 0 Å². The molecule has 0 aromatic carbocycles. The molecule has 4 nitrogen and oxygen atoms in total. The lowest BCUT2D eigenvalue weighted by Crippen LogP contribution is -2.42. The zero-order valence-corrected chi connectivity index (χ0v) is 10.6. The number of rotatable bonds is 6. The molecule has 1 N–H and O–H groups in total. The molecule has 0 atom stereocenters. The van der Waals surface area contributed by atoms with Crippen LogP contribution in [0.3, 0.4) is 0 Å². The van der Waals surface area contributed by atoms with Crippen molar-refractivity contribution in [3.63, 3.8) is 0 Å². The predicted molar refractivity (Wildman–Crippen MR) is 58.2 cm³/mol. The first-order chi connectivity index (χ1) is 6.24. The maximum absolute atomic E-state index is 7.00. The number of aliphatic hydroxyl groups excluding tert-OH is 1. The van der Waals surface area contributed by atoms with Gasteiger partial charge in [-0.25, -0.2) is 0 Å². The lowest BCUT2D eigenvalue weighted by molar-refractivity contribution is 0.123. The molecular weight excluding hydrogens is 208 g/mol. The lowest BCUT2D eigenvalue weighted by atomic mass is 10.6. The SMILES string of the molecule is CO.CO[Si](CCCS)(OC)OC. The molecule has 82 valence electrons. The van der Waals surface area contributed by atoms with Crippen LogP contribution in [0.2, 0.25) is 6.04 Å². The minimum atomic E-state index is -2.29. The number of thiol groups is 1. The molecule has 0 radical (unpaired) electrons. The number of hydrogen-bond donors (Lipinski definition) is 2. The average molecular weight is 228 g/mol. The first-order valence-corrected chi connectivity index (χ1v) is 6.52. The highest BCUT2D eigenvalue weighted by Crippen LogP contribution is 2.14. The van der Waals surface area contributed by atoms with Crippen molar-refractivity contribution in [1.82, 2.24) is 0 Å². The molecule has 0 aromatic rings. The molecule has 6 heteroatoms. The fourth-order valence-electron chi connectivity index (χ4n) is 0.852. The Balaban J connectivity index is 0. The van der Waals surface area contributed by atoms with E-state index in [9.17, 15) is 0 Å². The van der Waals surface area contributed by atoms with Crippen LogP contribution in [-0.4, -0.2) is 48.1 Å². The summed E-state index contributed by atoms with van der Waals surface area (Å²) >= 11 is 4.10. The van der Waals surface area contributed by atoms with E-state index < -0.39 is 8.80 Å². The topological polar surface area (TPSA) is 47.9 Å². The fourth-order valence-corrected chi connectivity index (χ4v) is 3.03. The molecule has 0 fully saturated rings. The summed E-state index contributed by atoms with van der Waals surface area (Å²) in [5.74, 6) is 0.838. The third-order valence-electron chi connectivity index (χ3n) is 1.57. The maximum Gasteiger partial charge on any atom is 0.500 e. The Labute approximate surface area is 87.0 Å². The smallest absolute Gasteiger partial charge is 0.400 e. The van der Waals surface area contributed by atoms with Crippen molar-refractivity contribution in [2.24, 2.45) is 0 Å². The van der Waals surface area contributed by atoms with E-state index in [0.717, 1.165) is 25.3 Å². The molecule has 0 spiro atoms. The van der Waals surface area contributed by atoms with Gasteiger partial charge in [-0.1, -0.05) is 0 Å². The number of hydrogen-bond acceptors (Lipinski definition) is 5. The number of aliphatic hydroxyl groups is 1. The van der Waals surface area contributed by atoms with Gasteiger partial charge in [-0.05, 0) is 12.2 Å². The van der Waals surface area contributed by atoms with Crippen LogP contribution < -0.4 is 0 Å². The normalized spacial score (nSPS) is 10.6. The second-order valence-electron chi connectivity index (χ2n) is 2.12. The average Bonchev–Trinajstić information content (AvgIpc) is 2.24. The van der Waals surface area contributed by atoms with Crippen LogP contribution in [0.4, 0.5) is 0 Å². The monoisotopic (exact) mass is 228 g/mol. The summed E-state index contributed by atoms with van der Waals surface area (Å²) in [6, 6.07) is 0.833. The molecule has 0 amide bonds. The molecular formula is C7H20O4SSi. The maximum atomic E-state index is 7.00. The van der Waals surface area contributed by atoms with E-state index in [0.29, 0.717) is 0 Å². The lowest BCUT2D eigenvalue weighted by Gasteiger charge is -2.23. The third-order valence-corrected chi connectivity index (χ3v) is 4.72. The van der Waals surface area contributed by atoms with E-state index in [4.69, 9.17) is 18.4 Å². The van der Waals surface area contributed by atoms with Crippen molar-refractivity contribution < 1.29 is 18.4 Å². The largest absolute Gasteiger partial charge is 0.500 e. The summed E-state index contributed by atoms with van der Waals surface area (Å²) in [7, 11) is 3.58. The van der Waals surface area contributed by atoms with Gasteiger partial charge in [0.2, 0.25) is 0 Å². The third kappa shape index (κ3) is 6.47. The molecule has 0 rings (SSSR count). The molecule has 0 aliphatic carbocycles. The Kier molecular flexibility index (Phi) is 12.8. The molecule has 0 saturated carbocycles. The molecule has 0 aromatic heterocycles. The van der Waals surface area contributed by atoms with E-state index in [1.807, 2.05) is 0 Å². The van der Waals surface area contributed by atoms with Gasteiger partial charge < -0.3 is 18.4 Å². The highest BCUT2D eigenvalue weighted by atomic mass is 32.1. The van der Waals surface area contributed by atoms with Crippen LogP contribution in [0.5, 0.6) is 0 Å². The molecule has 0 aliphatic heterocycles. The summed E-state index contributed by atoms with van der Waals surface area (Å²) in [5, 5.41) is 7.00. The standard InChI is InChI=1S/C6H16O3SSi.CH4O/c1-7-11(8-2,9-3)6-4-5-10;1-2/h10H,4-6H2,1-3H3;2H,1H3. The summed E-state index contributed by atoms with van der Waals surface area (Å²) in [4.78, 5) is 0.